The van der Waals surface area contributed by atoms with Crippen molar-refractivity contribution in [2.45, 2.75) is 56.3 Å². The quantitative estimate of drug-likeness (QED) is 0.113. The summed E-state index contributed by atoms with van der Waals surface area (Å²) in [6, 6.07) is 3.12. The van der Waals surface area contributed by atoms with Crippen molar-refractivity contribution in [2.24, 2.45) is 11.5 Å². The number of nitrogens with zero attached hydrogens (tertiary/aromatic N) is 1. The minimum Gasteiger partial charge on any atom is -0.481 e. The molecule has 2 aromatic rings. The molecule has 1 aromatic carbocycles. The summed E-state index contributed by atoms with van der Waals surface area (Å²) in [7, 11) is 0. The largest absolute Gasteiger partial charge is 0.481 e. The lowest BCUT2D eigenvalue weighted by atomic mass is 10.0. The van der Waals surface area contributed by atoms with E-state index in [-0.39, 0.29) is 25.7 Å². The molecule has 0 aliphatic carbocycles. The maximum absolute atomic E-state index is 13.3. The minimum absolute atomic E-state index is 0.0209. The fourth-order valence-corrected chi connectivity index (χ4v) is 3.53. The summed E-state index contributed by atoms with van der Waals surface area (Å²) in [5.74, 6) is -6.03. The fourth-order valence-electron chi connectivity index (χ4n) is 3.53. The maximum atomic E-state index is 13.3. The summed E-state index contributed by atoms with van der Waals surface area (Å²) < 4.78 is 0. The number of carboxylic acids is 2. The molecule has 1 heterocycles. The third-order valence-electron chi connectivity index (χ3n) is 5.55. The first-order valence-electron chi connectivity index (χ1n) is 11.9. The number of primary amides is 1. The molecule has 0 saturated heterocycles. The molecule has 2 rings (SSSR count). The molecule has 4 unspecified atom stereocenters. The van der Waals surface area contributed by atoms with Gasteiger partial charge in [0.25, 0.3) is 0 Å². The minimum atomic E-state index is -1.46. The van der Waals surface area contributed by atoms with Gasteiger partial charge in [-0.2, -0.15) is 0 Å². The molecule has 10 N–H and O–H groups in total. The summed E-state index contributed by atoms with van der Waals surface area (Å²) in [6.45, 7) is 0. The number of carbonyl (C=O) groups excluding carboxylic acids is 4. The number of carbonyl (C=O) groups is 6. The zero-order valence-electron chi connectivity index (χ0n) is 20.8. The molecule has 15 nitrogen and oxygen atoms in total. The van der Waals surface area contributed by atoms with E-state index in [0.717, 1.165) is 0 Å². The van der Waals surface area contributed by atoms with E-state index in [1.165, 1.54) is 12.5 Å². The lowest BCUT2D eigenvalue weighted by Gasteiger charge is -2.25. The smallest absolute Gasteiger partial charge is 0.326 e. The van der Waals surface area contributed by atoms with Crippen LogP contribution < -0.4 is 27.4 Å². The van der Waals surface area contributed by atoms with E-state index >= 15 is 0 Å². The average Bonchev–Trinajstić information content (AvgIpc) is 3.38. The first-order chi connectivity index (χ1) is 18.5. The number of H-pyrrole nitrogens is 1. The van der Waals surface area contributed by atoms with Crippen molar-refractivity contribution in [3.63, 3.8) is 0 Å². The van der Waals surface area contributed by atoms with Crippen molar-refractivity contribution in [3.05, 3.63) is 54.1 Å². The molecule has 210 valence electrons. The number of rotatable bonds is 16. The number of nitrogens with one attached hydrogen (secondary N) is 4. The SMILES string of the molecule is NC(=O)CCC(NC(=O)C(Cc1cnc[nH]1)NC(=O)C(Cc1ccccc1)NC(=O)C(N)CC(=O)O)C(=O)O. The Kier molecular flexibility index (Phi) is 11.6. The summed E-state index contributed by atoms with van der Waals surface area (Å²) >= 11 is 0. The molecular formula is C24H31N7O8. The van der Waals surface area contributed by atoms with Crippen LogP contribution in [-0.2, 0) is 41.6 Å². The highest BCUT2D eigenvalue weighted by Gasteiger charge is 2.31. The number of benzene rings is 1. The van der Waals surface area contributed by atoms with Gasteiger partial charge >= 0.3 is 11.9 Å². The third-order valence-corrected chi connectivity index (χ3v) is 5.55. The van der Waals surface area contributed by atoms with Gasteiger partial charge in [-0.3, -0.25) is 24.0 Å². The van der Waals surface area contributed by atoms with Crippen molar-refractivity contribution >= 4 is 35.6 Å². The van der Waals surface area contributed by atoms with E-state index in [1.54, 1.807) is 30.3 Å². The maximum Gasteiger partial charge on any atom is 0.326 e. The number of aromatic amines is 1. The fraction of sp³-hybridized carbons (Fsp3) is 0.375. The predicted octanol–water partition coefficient (Wildman–Crippen LogP) is -2.20. The predicted molar refractivity (Wildman–Crippen MR) is 135 cm³/mol. The molecule has 15 heteroatoms. The van der Waals surface area contributed by atoms with Gasteiger partial charge in [-0.05, 0) is 12.0 Å². The van der Waals surface area contributed by atoms with Gasteiger partial charge in [0.15, 0.2) is 0 Å². The van der Waals surface area contributed by atoms with Gasteiger partial charge in [0, 0.05) is 31.2 Å². The average molecular weight is 546 g/mol. The van der Waals surface area contributed by atoms with Gasteiger partial charge in [0.1, 0.15) is 18.1 Å². The Bertz CT molecular complexity index is 1160. The lowest BCUT2D eigenvalue weighted by Crippen LogP contribution is -2.58. The van der Waals surface area contributed by atoms with Crippen LogP contribution in [0.1, 0.15) is 30.5 Å². The van der Waals surface area contributed by atoms with Crippen LogP contribution in [0.3, 0.4) is 0 Å². The Labute approximate surface area is 222 Å². The summed E-state index contributed by atoms with van der Waals surface area (Å²) in [5, 5.41) is 25.6. The molecule has 0 spiro atoms. The van der Waals surface area contributed by atoms with E-state index in [4.69, 9.17) is 16.6 Å². The van der Waals surface area contributed by atoms with Gasteiger partial charge in [0.05, 0.1) is 18.8 Å². The monoisotopic (exact) mass is 545 g/mol. The summed E-state index contributed by atoms with van der Waals surface area (Å²) in [4.78, 5) is 79.3. The first kappa shape index (κ1) is 30.4. The molecule has 4 atom stereocenters. The Morgan fingerprint density at radius 2 is 1.46 bits per heavy atom. The van der Waals surface area contributed by atoms with Gasteiger partial charge in [-0.25, -0.2) is 9.78 Å². The zero-order valence-corrected chi connectivity index (χ0v) is 20.8. The van der Waals surface area contributed by atoms with Crippen molar-refractivity contribution in [1.82, 2.24) is 25.9 Å². The second-order valence-electron chi connectivity index (χ2n) is 8.70. The van der Waals surface area contributed by atoms with E-state index < -0.39 is 66.2 Å². The first-order valence-corrected chi connectivity index (χ1v) is 11.9. The normalized spacial score (nSPS) is 13.8. The van der Waals surface area contributed by atoms with Crippen LogP contribution in [0.4, 0.5) is 0 Å². The molecule has 39 heavy (non-hydrogen) atoms. The van der Waals surface area contributed by atoms with Crippen molar-refractivity contribution < 1.29 is 39.0 Å². The Morgan fingerprint density at radius 1 is 0.872 bits per heavy atom. The number of hydrogen-bond donors (Lipinski definition) is 8. The molecule has 0 saturated carbocycles. The Balaban J connectivity index is 2.26. The number of hydrogen-bond acceptors (Lipinski definition) is 8. The molecule has 0 fully saturated rings. The zero-order chi connectivity index (χ0) is 28.9. The number of aliphatic carboxylic acids is 2. The highest BCUT2D eigenvalue weighted by molar-refractivity contribution is 5.95. The highest BCUT2D eigenvalue weighted by atomic mass is 16.4. The number of amides is 4. The third kappa shape index (κ3) is 10.6. The molecule has 0 aliphatic heterocycles. The van der Waals surface area contributed by atoms with Crippen LogP contribution in [0.25, 0.3) is 0 Å². The topological polar surface area (TPSA) is 260 Å². The molecule has 0 aliphatic rings. The van der Waals surface area contributed by atoms with Crippen LogP contribution in [0, 0.1) is 0 Å². The van der Waals surface area contributed by atoms with Crippen LogP contribution in [-0.4, -0.2) is 79.9 Å². The lowest BCUT2D eigenvalue weighted by molar-refractivity contribution is -0.142. The van der Waals surface area contributed by atoms with Crippen LogP contribution in [0.5, 0.6) is 0 Å². The van der Waals surface area contributed by atoms with E-state index in [9.17, 15) is 33.9 Å². The van der Waals surface area contributed by atoms with Gasteiger partial charge < -0.3 is 42.6 Å². The molecule has 4 amide bonds. The highest BCUT2D eigenvalue weighted by Crippen LogP contribution is 2.07. The Morgan fingerprint density at radius 3 is 2.00 bits per heavy atom. The van der Waals surface area contributed by atoms with Gasteiger partial charge in [-0.15, -0.1) is 0 Å². The van der Waals surface area contributed by atoms with Crippen LogP contribution in [0.15, 0.2) is 42.9 Å². The van der Waals surface area contributed by atoms with Gasteiger partial charge in [-0.1, -0.05) is 30.3 Å². The second-order valence-corrected chi connectivity index (χ2v) is 8.70. The van der Waals surface area contributed by atoms with Crippen molar-refractivity contribution in [1.29, 1.82) is 0 Å². The molecule has 0 radical (unpaired) electrons. The van der Waals surface area contributed by atoms with Crippen molar-refractivity contribution in [3.8, 4) is 0 Å². The number of nitrogens with two attached hydrogens (primary N) is 2. The Hall–Kier alpha value is -4.79. The number of carboxylic acid groups (broad SMARTS) is 2. The van der Waals surface area contributed by atoms with E-state index in [2.05, 4.69) is 25.9 Å². The van der Waals surface area contributed by atoms with Gasteiger partial charge in [0.2, 0.25) is 23.6 Å². The summed E-state index contributed by atoms with van der Waals surface area (Å²) in [5.41, 5.74) is 11.8. The molecule has 1 aromatic heterocycles. The second kappa shape index (κ2) is 14.8. The van der Waals surface area contributed by atoms with Crippen LogP contribution >= 0.6 is 0 Å². The summed E-state index contributed by atoms with van der Waals surface area (Å²) in [6.07, 6.45) is 1.38. The molecular weight excluding hydrogens is 514 g/mol. The van der Waals surface area contributed by atoms with Crippen LogP contribution in [0.2, 0.25) is 0 Å². The van der Waals surface area contributed by atoms with E-state index in [0.29, 0.717) is 11.3 Å². The van der Waals surface area contributed by atoms with E-state index in [1.807, 2.05) is 0 Å². The van der Waals surface area contributed by atoms with Crippen molar-refractivity contribution in [2.75, 3.05) is 0 Å². The number of imidazole rings is 1. The molecule has 0 bridgehead atoms. The standard InChI is InChI=1S/C24H31N7O8/c25-15(10-20(33)34)21(35)30-17(8-13-4-2-1-3-5-13)22(36)31-18(9-14-11-27-12-28-14)23(37)29-16(24(38)39)6-7-19(26)32/h1-5,11-12,15-18H,6-10,25H2,(H2,26,32)(H,27,28)(H,29,37)(H,30,35)(H,31,36)(H,33,34)(H,38,39). The number of aromatic nitrogens is 2.